The molecule has 0 atom stereocenters. The van der Waals surface area contributed by atoms with Crippen molar-refractivity contribution in [1.29, 1.82) is 0 Å². The topological polar surface area (TPSA) is 128 Å². The fourth-order valence-corrected chi connectivity index (χ4v) is 3.50. The second-order valence-electron chi connectivity index (χ2n) is 4.41. The minimum Gasteiger partial charge on any atom is -0.497 e. The van der Waals surface area contributed by atoms with Gasteiger partial charge in [-0.1, -0.05) is 0 Å². The zero-order chi connectivity index (χ0) is 16.8. The second kappa shape index (κ2) is 7.77. The standard InChI is InChI=1S/C12H21N3O5S2/c1-3-21(16,17)15-11-9-10(20-2)5-6-12(11)22(18,19)14-8-4-7-13/h5-6,9,14-15H,3-4,7-8,13H2,1-2H3. The third kappa shape index (κ3) is 5.13. The summed E-state index contributed by atoms with van der Waals surface area (Å²) in [5.41, 5.74) is 5.27. The minimum absolute atomic E-state index is 0.0542. The Morgan fingerprint density at radius 2 is 1.91 bits per heavy atom. The maximum Gasteiger partial charge on any atom is 0.242 e. The van der Waals surface area contributed by atoms with Crippen LogP contribution in [-0.2, 0) is 20.0 Å². The van der Waals surface area contributed by atoms with Gasteiger partial charge in [0, 0.05) is 12.6 Å². The molecule has 0 saturated carbocycles. The normalized spacial score (nSPS) is 12.1. The molecule has 22 heavy (non-hydrogen) atoms. The molecule has 126 valence electrons. The highest BCUT2D eigenvalue weighted by molar-refractivity contribution is 7.93. The molecule has 0 aromatic heterocycles. The molecule has 0 aliphatic carbocycles. The van der Waals surface area contributed by atoms with E-state index in [1.54, 1.807) is 0 Å². The van der Waals surface area contributed by atoms with Gasteiger partial charge in [0.25, 0.3) is 0 Å². The molecule has 4 N–H and O–H groups in total. The molecule has 0 aliphatic rings. The van der Waals surface area contributed by atoms with Gasteiger partial charge in [-0.3, -0.25) is 4.72 Å². The van der Waals surface area contributed by atoms with E-state index in [9.17, 15) is 16.8 Å². The third-order valence-corrected chi connectivity index (χ3v) is 5.60. The number of nitrogens with one attached hydrogen (secondary N) is 2. The van der Waals surface area contributed by atoms with Crippen LogP contribution >= 0.6 is 0 Å². The number of rotatable bonds is 9. The number of ether oxygens (including phenoxy) is 1. The lowest BCUT2D eigenvalue weighted by molar-refractivity contribution is 0.414. The first kappa shape index (κ1) is 18.7. The average Bonchev–Trinajstić information content (AvgIpc) is 2.46. The summed E-state index contributed by atoms with van der Waals surface area (Å²) in [6, 6.07) is 4.06. The van der Waals surface area contributed by atoms with Crippen LogP contribution in [0.15, 0.2) is 23.1 Å². The van der Waals surface area contributed by atoms with Gasteiger partial charge in [0.1, 0.15) is 10.6 Å². The molecule has 1 aromatic carbocycles. The Kier molecular flexibility index (Phi) is 6.60. The number of hydrogen-bond acceptors (Lipinski definition) is 6. The molecule has 0 amide bonds. The van der Waals surface area contributed by atoms with E-state index in [-0.39, 0.29) is 22.9 Å². The second-order valence-corrected chi connectivity index (χ2v) is 8.15. The van der Waals surface area contributed by atoms with Gasteiger partial charge in [-0.2, -0.15) is 0 Å². The Bertz CT molecular complexity index is 701. The fraction of sp³-hybridized carbons (Fsp3) is 0.500. The molecule has 1 aromatic rings. The highest BCUT2D eigenvalue weighted by Crippen LogP contribution is 2.27. The van der Waals surface area contributed by atoms with Crippen molar-refractivity contribution in [3.8, 4) is 5.75 Å². The third-order valence-electron chi connectivity index (χ3n) is 2.79. The monoisotopic (exact) mass is 351 g/mol. The zero-order valence-corrected chi connectivity index (χ0v) is 14.1. The number of sulfonamides is 2. The predicted octanol–water partition coefficient (Wildman–Crippen LogP) is 0.0839. The van der Waals surface area contributed by atoms with Crippen molar-refractivity contribution < 1.29 is 21.6 Å². The van der Waals surface area contributed by atoms with E-state index in [4.69, 9.17) is 10.5 Å². The van der Waals surface area contributed by atoms with Crippen molar-refractivity contribution in [2.75, 3.05) is 30.7 Å². The van der Waals surface area contributed by atoms with Crippen molar-refractivity contribution in [2.24, 2.45) is 5.73 Å². The number of benzene rings is 1. The molecule has 1 rings (SSSR count). The number of nitrogens with two attached hydrogens (primary N) is 1. The van der Waals surface area contributed by atoms with Gasteiger partial charge in [-0.25, -0.2) is 21.6 Å². The van der Waals surface area contributed by atoms with Gasteiger partial charge in [0.15, 0.2) is 0 Å². The molecule has 0 bridgehead atoms. The van der Waals surface area contributed by atoms with Crippen LogP contribution < -0.4 is 19.9 Å². The maximum atomic E-state index is 12.3. The maximum absolute atomic E-state index is 12.3. The SMILES string of the molecule is CCS(=O)(=O)Nc1cc(OC)ccc1S(=O)(=O)NCCCN. The van der Waals surface area contributed by atoms with Crippen molar-refractivity contribution in [1.82, 2.24) is 4.72 Å². The molecule has 0 aliphatic heterocycles. The minimum atomic E-state index is -3.86. The van der Waals surface area contributed by atoms with E-state index < -0.39 is 20.0 Å². The lowest BCUT2D eigenvalue weighted by atomic mass is 10.3. The van der Waals surface area contributed by atoms with E-state index in [1.165, 1.54) is 32.2 Å². The Morgan fingerprint density at radius 3 is 2.45 bits per heavy atom. The van der Waals surface area contributed by atoms with Crippen molar-refractivity contribution in [3.63, 3.8) is 0 Å². The Hall–Kier alpha value is -1.36. The molecule has 0 spiro atoms. The van der Waals surface area contributed by atoms with E-state index in [0.717, 1.165) is 0 Å². The highest BCUT2D eigenvalue weighted by Gasteiger charge is 2.21. The van der Waals surface area contributed by atoms with Crippen LogP contribution in [-0.4, -0.2) is 42.8 Å². The molecular weight excluding hydrogens is 330 g/mol. The molecule has 0 radical (unpaired) electrons. The summed E-state index contributed by atoms with van der Waals surface area (Å²) >= 11 is 0. The first-order chi connectivity index (χ1) is 10.3. The van der Waals surface area contributed by atoms with Gasteiger partial charge >= 0.3 is 0 Å². The van der Waals surface area contributed by atoms with Crippen LogP contribution in [0.1, 0.15) is 13.3 Å². The number of anilines is 1. The summed E-state index contributed by atoms with van der Waals surface area (Å²) in [6.45, 7) is 1.97. The first-order valence-corrected chi connectivity index (χ1v) is 9.77. The number of methoxy groups -OCH3 is 1. The number of hydrogen-bond donors (Lipinski definition) is 3. The van der Waals surface area contributed by atoms with Crippen molar-refractivity contribution >= 4 is 25.7 Å². The lowest BCUT2D eigenvalue weighted by Crippen LogP contribution is -2.27. The average molecular weight is 351 g/mol. The summed E-state index contributed by atoms with van der Waals surface area (Å²) < 4.78 is 57.6. The molecule has 0 fully saturated rings. The summed E-state index contributed by atoms with van der Waals surface area (Å²) in [6.07, 6.45) is 0.478. The van der Waals surface area contributed by atoms with Gasteiger partial charge in [0.05, 0.1) is 18.6 Å². The van der Waals surface area contributed by atoms with Crippen LogP contribution in [0.4, 0.5) is 5.69 Å². The summed E-state index contributed by atoms with van der Waals surface area (Å²) in [4.78, 5) is -0.164. The van der Waals surface area contributed by atoms with Crippen molar-refractivity contribution in [3.05, 3.63) is 18.2 Å². The molecular formula is C12H21N3O5S2. The highest BCUT2D eigenvalue weighted by atomic mass is 32.2. The summed E-state index contributed by atoms with van der Waals surface area (Å²) in [5.74, 6) is 0.166. The molecule has 0 saturated heterocycles. The van der Waals surface area contributed by atoms with Crippen LogP contribution in [0.25, 0.3) is 0 Å². The van der Waals surface area contributed by atoms with Crippen molar-refractivity contribution in [2.45, 2.75) is 18.2 Å². The van der Waals surface area contributed by atoms with E-state index in [0.29, 0.717) is 18.7 Å². The smallest absolute Gasteiger partial charge is 0.242 e. The quantitative estimate of drug-likeness (QED) is 0.541. The zero-order valence-electron chi connectivity index (χ0n) is 12.5. The Balaban J connectivity index is 3.23. The van der Waals surface area contributed by atoms with E-state index >= 15 is 0 Å². The summed E-state index contributed by atoms with van der Waals surface area (Å²) in [7, 11) is -6.08. The van der Waals surface area contributed by atoms with Crippen LogP contribution in [0.5, 0.6) is 5.75 Å². The Morgan fingerprint density at radius 1 is 1.23 bits per heavy atom. The molecule has 0 heterocycles. The van der Waals surface area contributed by atoms with E-state index in [1.807, 2.05) is 0 Å². The predicted molar refractivity (Wildman–Crippen MR) is 84.9 cm³/mol. The van der Waals surface area contributed by atoms with Crippen LogP contribution in [0.2, 0.25) is 0 Å². The van der Waals surface area contributed by atoms with Crippen LogP contribution in [0, 0.1) is 0 Å². The fourth-order valence-electron chi connectivity index (χ4n) is 1.58. The Labute approximate surface area is 131 Å². The van der Waals surface area contributed by atoms with Gasteiger partial charge in [-0.15, -0.1) is 0 Å². The van der Waals surface area contributed by atoms with Gasteiger partial charge in [0.2, 0.25) is 20.0 Å². The molecule has 8 nitrogen and oxygen atoms in total. The molecule has 10 heteroatoms. The lowest BCUT2D eigenvalue weighted by Gasteiger charge is -2.14. The van der Waals surface area contributed by atoms with E-state index in [2.05, 4.69) is 9.44 Å². The largest absolute Gasteiger partial charge is 0.497 e. The van der Waals surface area contributed by atoms with Gasteiger partial charge in [-0.05, 0) is 32.0 Å². The first-order valence-electron chi connectivity index (χ1n) is 6.64. The molecule has 0 unspecified atom stereocenters. The summed E-state index contributed by atoms with van der Waals surface area (Å²) in [5, 5.41) is 0. The van der Waals surface area contributed by atoms with Crippen LogP contribution in [0.3, 0.4) is 0 Å². The van der Waals surface area contributed by atoms with Gasteiger partial charge < -0.3 is 10.5 Å².